The van der Waals surface area contributed by atoms with Crippen molar-refractivity contribution in [1.29, 1.82) is 0 Å². The van der Waals surface area contributed by atoms with Crippen LogP contribution in [0.2, 0.25) is 0 Å². The molecule has 0 saturated heterocycles. The molecule has 0 fully saturated rings. The maximum atomic E-state index is 11.9. The highest BCUT2D eigenvalue weighted by Crippen LogP contribution is 2.27. The van der Waals surface area contributed by atoms with Crippen LogP contribution in [0.1, 0.15) is 16.1 Å². The molecule has 3 aromatic rings. The number of nitrogens with one attached hydrogen (secondary N) is 2. The standard InChI is InChI=1S/C19H19N3O4/c1-24-15-7-5-13(10-17(15)25-2)11-20-14-6-8-18(21-12-14)22-19(23)16-4-3-9-26-16/h3-10,12,20H,11H2,1-2H3,(H,21,22,23). The number of amides is 1. The Morgan fingerprint density at radius 2 is 1.96 bits per heavy atom. The smallest absolute Gasteiger partial charge is 0.292 e. The lowest BCUT2D eigenvalue weighted by molar-refractivity contribution is 0.0996. The molecule has 1 aromatic carbocycles. The number of anilines is 2. The molecule has 7 nitrogen and oxygen atoms in total. The molecular formula is C19H19N3O4. The molecule has 0 aliphatic heterocycles. The Kier molecular flexibility index (Phi) is 5.38. The van der Waals surface area contributed by atoms with Gasteiger partial charge in [0.15, 0.2) is 17.3 Å². The van der Waals surface area contributed by atoms with Gasteiger partial charge >= 0.3 is 0 Å². The normalized spacial score (nSPS) is 10.2. The minimum absolute atomic E-state index is 0.238. The second-order valence-electron chi connectivity index (χ2n) is 5.41. The predicted molar refractivity (Wildman–Crippen MR) is 97.8 cm³/mol. The third-order valence-electron chi connectivity index (χ3n) is 3.69. The van der Waals surface area contributed by atoms with E-state index in [-0.39, 0.29) is 11.7 Å². The van der Waals surface area contributed by atoms with E-state index in [1.165, 1.54) is 6.26 Å². The number of furan rings is 1. The average Bonchev–Trinajstić information content (AvgIpc) is 3.22. The van der Waals surface area contributed by atoms with Crippen molar-refractivity contribution < 1.29 is 18.7 Å². The molecule has 134 valence electrons. The van der Waals surface area contributed by atoms with Gasteiger partial charge in [-0.2, -0.15) is 0 Å². The number of rotatable bonds is 7. The third kappa shape index (κ3) is 4.13. The van der Waals surface area contributed by atoms with Gasteiger partial charge in [0, 0.05) is 6.54 Å². The Morgan fingerprint density at radius 3 is 2.62 bits per heavy atom. The van der Waals surface area contributed by atoms with Crippen LogP contribution in [0.4, 0.5) is 11.5 Å². The van der Waals surface area contributed by atoms with Crippen LogP contribution in [-0.4, -0.2) is 25.1 Å². The molecule has 0 spiro atoms. The number of hydrogen-bond donors (Lipinski definition) is 2. The Hall–Kier alpha value is -3.48. The van der Waals surface area contributed by atoms with Crippen molar-refractivity contribution in [2.24, 2.45) is 0 Å². The first-order chi connectivity index (χ1) is 12.7. The fourth-order valence-electron chi connectivity index (χ4n) is 2.35. The summed E-state index contributed by atoms with van der Waals surface area (Å²) in [4.78, 5) is 16.1. The lowest BCUT2D eigenvalue weighted by Crippen LogP contribution is -2.12. The van der Waals surface area contributed by atoms with E-state index in [1.807, 2.05) is 24.3 Å². The summed E-state index contributed by atoms with van der Waals surface area (Å²) >= 11 is 0. The molecule has 26 heavy (non-hydrogen) atoms. The second kappa shape index (κ2) is 8.06. The Morgan fingerprint density at radius 1 is 1.12 bits per heavy atom. The first-order valence-electron chi connectivity index (χ1n) is 7.95. The molecule has 0 aliphatic rings. The molecule has 7 heteroatoms. The van der Waals surface area contributed by atoms with Crippen LogP contribution < -0.4 is 20.1 Å². The maximum Gasteiger partial charge on any atom is 0.292 e. The summed E-state index contributed by atoms with van der Waals surface area (Å²) in [6.45, 7) is 0.597. The lowest BCUT2D eigenvalue weighted by Gasteiger charge is -2.11. The number of methoxy groups -OCH3 is 2. The van der Waals surface area contributed by atoms with Crippen LogP contribution in [0.5, 0.6) is 11.5 Å². The van der Waals surface area contributed by atoms with E-state index < -0.39 is 0 Å². The van der Waals surface area contributed by atoms with E-state index in [2.05, 4.69) is 15.6 Å². The predicted octanol–water partition coefficient (Wildman–Crippen LogP) is 3.56. The largest absolute Gasteiger partial charge is 0.493 e. The number of ether oxygens (including phenoxy) is 2. The number of carbonyl (C=O) groups excluding carboxylic acids is 1. The van der Waals surface area contributed by atoms with Gasteiger partial charge in [0.05, 0.1) is 32.4 Å². The molecule has 2 N–H and O–H groups in total. The highest BCUT2D eigenvalue weighted by molar-refractivity contribution is 6.01. The van der Waals surface area contributed by atoms with Crippen LogP contribution in [-0.2, 0) is 6.54 Å². The number of hydrogen-bond acceptors (Lipinski definition) is 6. The molecule has 3 rings (SSSR count). The van der Waals surface area contributed by atoms with Gasteiger partial charge in [-0.1, -0.05) is 6.07 Å². The van der Waals surface area contributed by atoms with Gasteiger partial charge in [0.2, 0.25) is 0 Å². The Balaban J connectivity index is 1.58. The van der Waals surface area contributed by atoms with Crippen molar-refractivity contribution >= 4 is 17.4 Å². The number of benzene rings is 1. The highest BCUT2D eigenvalue weighted by atomic mass is 16.5. The maximum absolute atomic E-state index is 11.9. The molecule has 0 radical (unpaired) electrons. The zero-order chi connectivity index (χ0) is 18.4. The van der Waals surface area contributed by atoms with Crippen LogP contribution in [0.3, 0.4) is 0 Å². The van der Waals surface area contributed by atoms with Crippen molar-refractivity contribution in [3.63, 3.8) is 0 Å². The van der Waals surface area contributed by atoms with Crippen molar-refractivity contribution in [3.8, 4) is 11.5 Å². The fourth-order valence-corrected chi connectivity index (χ4v) is 2.35. The summed E-state index contributed by atoms with van der Waals surface area (Å²) in [5, 5.41) is 5.94. The number of nitrogens with zero attached hydrogens (tertiary/aromatic N) is 1. The molecule has 1 amide bonds. The lowest BCUT2D eigenvalue weighted by atomic mass is 10.2. The summed E-state index contributed by atoms with van der Waals surface area (Å²) in [5.41, 5.74) is 1.87. The molecular weight excluding hydrogens is 334 g/mol. The van der Waals surface area contributed by atoms with E-state index in [4.69, 9.17) is 13.9 Å². The topological polar surface area (TPSA) is 85.6 Å². The SMILES string of the molecule is COc1ccc(CNc2ccc(NC(=O)c3ccco3)nc2)cc1OC. The van der Waals surface area contributed by atoms with Gasteiger partial charge in [0.1, 0.15) is 5.82 Å². The van der Waals surface area contributed by atoms with Gasteiger partial charge in [0.25, 0.3) is 5.91 Å². The van der Waals surface area contributed by atoms with E-state index in [0.717, 1.165) is 11.3 Å². The zero-order valence-corrected chi connectivity index (χ0v) is 14.5. The average molecular weight is 353 g/mol. The summed E-state index contributed by atoms with van der Waals surface area (Å²) in [5.74, 6) is 1.72. The summed E-state index contributed by atoms with van der Waals surface area (Å²) in [7, 11) is 3.21. The van der Waals surface area contributed by atoms with Crippen molar-refractivity contribution in [3.05, 3.63) is 66.2 Å². The van der Waals surface area contributed by atoms with Gasteiger partial charge < -0.3 is 24.5 Å². The number of pyridine rings is 1. The van der Waals surface area contributed by atoms with Crippen LogP contribution in [0.25, 0.3) is 0 Å². The molecule has 0 unspecified atom stereocenters. The van der Waals surface area contributed by atoms with Gasteiger partial charge in [-0.05, 0) is 42.0 Å². The van der Waals surface area contributed by atoms with Crippen molar-refractivity contribution in [1.82, 2.24) is 4.98 Å². The highest BCUT2D eigenvalue weighted by Gasteiger charge is 2.09. The van der Waals surface area contributed by atoms with Crippen LogP contribution >= 0.6 is 0 Å². The van der Waals surface area contributed by atoms with Gasteiger partial charge in [-0.3, -0.25) is 4.79 Å². The summed E-state index contributed by atoms with van der Waals surface area (Å²) < 4.78 is 15.6. The molecule has 0 atom stereocenters. The van der Waals surface area contributed by atoms with E-state index >= 15 is 0 Å². The van der Waals surface area contributed by atoms with Crippen molar-refractivity contribution in [2.75, 3.05) is 24.9 Å². The molecule has 0 aliphatic carbocycles. The van der Waals surface area contributed by atoms with Gasteiger partial charge in [-0.15, -0.1) is 0 Å². The quantitative estimate of drug-likeness (QED) is 0.675. The minimum atomic E-state index is -0.339. The zero-order valence-electron chi connectivity index (χ0n) is 14.5. The van der Waals surface area contributed by atoms with Crippen LogP contribution in [0, 0.1) is 0 Å². The Bertz CT molecular complexity index is 861. The van der Waals surface area contributed by atoms with Crippen LogP contribution in [0.15, 0.2) is 59.3 Å². The molecule has 2 aromatic heterocycles. The van der Waals surface area contributed by atoms with E-state index in [0.29, 0.717) is 23.9 Å². The Labute approximate surface area is 151 Å². The van der Waals surface area contributed by atoms with E-state index in [9.17, 15) is 4.79 Å². The number of carbonyl (C=O) groups is 1. The molecule has 0 bridgehead atoms. The second-order valence-corrected chi connectivity index (χ2v) is 5.41. The first kappa shape index (κ1) is 17.3. The third-order valence-corrected chi connectivity index (χ3v) is 3.69. The first-order valence-corrected chi connectivity index (χ1v) is 7.95. The van der Waals surface area contributed by atoms with Gasteiger partial charge in [-0.25, -0.2) is 4.98 Å². The van der Waals surface area contributed by atoms with Crippen molar-refractivity contribution in [2.45, 2.75) is 6.54 Å². The number of aromatic nitrogens is 1. The monoisotopic (exact) mass is 353 g/mol. The van der Waals surface area contributed by atoms with E-state index in [1.54, 1.807) is 38.6 Å². The molecule has 0 saturated carbocycles. The fraction of sp³-hybridized carbons (Fsp3) is 0.158. The summed E-state index contributed by atoms with van der Waals surface area (Å²) in [6.07, 6.45) is 3.10. The minimum Gasteiger partial charge on any atom is -0.493 e. The summed E-state index contributed by atoms with van der Waals surface area (Å²) in [6, 6.07) is 12.5. The molecule has 2 heterocycles.